The fourth-order valence-electron chi connectivity index (χ4n) is 3.48. The van der Waals surface area contributed by atoms with E-state index in [1.165, 1.54) is 16.2 Å². The van der Waals surface area contributed by atoms with Gasteiger partial charge in [-0.3, -0.25) is 14.4 Å². The van der Waals surface area contributed by atoms with Gasteiger partial charge >= 0.3 is 0 Å². The number of nitrogens with one attached hydrogen (secondary N) is 1. The minimum absolute atomic E-state index is 0.0640. The van der Waals surface area contributed by atoms with Gasteiger partial charge in [0.1, 0.15) is 6.54 Å². The molecule has 1 aliphatic heterocycles. The number of amides is 3. The van der Waals surface area contributed by atoms with E-state index in [9.17, 15) is 14.4 Å². The third-order valence-corrected chi connectivity index (χ3v) is 6.04. The molecule has 0 aliphatic carbocycles. The molecule has 1 saturated heterocycles. The first kappa shape index (κ1) is 23.2. The Bertz CT molecular complexity index is 940. The fourth-order valence-corrected chi connectivity index (χ4v) is 4.42. The van der Waals surface area contributed by atoms with E-state index in [4.69, 9.17) is 11.6 Å². The molecule has 1 aliphatic rings. The number of thiazole rings is 1. The highest BCUT2D eigenvalue weighted by atomic mass is 35.5. The predicted octanol–water partition coefficient (Wildman–Crippen LogP) is 3.70. The van der Waals surface area contributed by atoms with Gasteiger partial charge in [-0.1, -0.05) is 37.6 Å². The Kier molecular flexibility index (Phi) is 8.03. The molecule has 0 bridgehead atoms. The van der Waals surface area contributed by atoms with Crippen LogP contribution in [0.4, 0.5) is 5.13 Å². The normalized spacial score (nSPS) is 13.5. The Labute approximate surface area is 191 Å². The Morgan fingerprint density at radius 3 is 2.61 bits per heavy atom. The number of anilines is 1. The Hall–Kier alpha value is -2.45. The van der Waals surface area contributed by atoms with Gasteiger partial charge < -0.3 is 15.1 Å². The van der Waals surface area contributed by atoms with Crippen LogP contribution in [0.1, 0.15) is 42.7 Å². The fraction of sp³-hybridized carbons (Fsp3) is 0.455. The zero-order valence-corrected chi connectivity index (χ0v) is 19.3. The maximum absolute atomic E-state index is 12.9. The number of benzene rings is 1. The van der Waals surface area contributed by atoms with E-state index in [0.717, 1.165) is 25.9 Å². The van der Waals surface area contributed by atoms with Crippen molar-refractivity contribution in [3.8, 4) is 0 Å². The zero-order chi connectivity index (χ0) is 22.4. The van der Waals surface area contributed by atoms with Crippen molar-refractivity contribution in [3.05, 3.63) is 45.9 Å². The second-order valence-corrected chi connectivity index (χ2v) is 9.28. The smallest absolute Gasteiger partial charge is 0.255 e. The van der Waals surface area contributed by atoms with Crippen LogP contribution in [0.3, 0.4) is 0 Å². The minimum atomic E-state index is -0.340. The highest BCUT2D eigenvalue weighted by molar-refractivity contribution is 7.13. The lowest BCUT2D eigenvalue weighted by Gasteiger charge is -2.24. The SMILES string of the molecule is CC(C)CN(CC(=O)Nc1nc(CC(=O)N2CCCC2)cs1)C(=O)c1ccccc1Cl. The van der Waals surface area contributed by atoms with E-state index >= 15 is 0 Å². The Balaban J connectivity index is 1.60. The van der Waals surface area contributed by atoms with Gasteiger partial charge in [0.15, 0.2) is 5.13 Å². The maximum Gasteiger partial charge on any atom is 0.255 e. The summed E-state index contributed by atoms with van der Waals surface area (Å²) in [7, 11) is 0. The molecule has 0 spiro atoms. The number of rotatable bonds is 8. The molecule has 9 heteroatoms. The van der Waals surface area contributed by atoms with Gasteiger partial charge in [-0.05, 0) is 30.9 Å². The molecule has 1 fully saturated rings. The highest BCUT2D eigenvalue weighted by Gasteiger charge is 2.23. The maximum atomic E-state index is 12.9. The summed E-state index contributed by atoms with van der Waals surface area (Å²) in [6, 6.07) is 6.81. The monoisotopic (exact) mass is 462 g/mol. The van der Waals surface area contributed by atoms with E-state index in [-0.39, 0.29) is 36.6 Å². The molecule has 0 unspecified atom stereocenters. The first-order valence-electron chi connectivity index (χ1n) is 10.4. The van der Waals surface area contributed by atoms with Crippen molar-refractivity contribution in [2.75, 3.05) is 31.5 Å². The molecule has 7 nitrogen and oxygen atoms in total. The third-order valence-electron chi connectivity index (χ3n) is 4.90. The average Bonchev–Trinajstić information content (AvgIpc) is 3.39. The van der Waals surface area contributed by atoms with E-state index in [1.807, 2.05) is 18.7 Å². The third kappa shape index (κ3) is 6.51. The summed E-state index contributed by atoms with van der Waals surface area (Å²) in [4.78, 5) is 45.5. The highest BCUT2D eigenvalue weighted by Crippen LogP contribution is 2.20. The Morgan fingerprint density at radius 1 is 1.23 bits per heavy atom. The predicted molar refractivity (Wildman–Crippen MR) is 122 cm³/mol. The summed E-state index contributed by atoms with van der Waals surface area (Å²) >= 11 is 7.44. The molecule has 0 saturated carbocycles. The molecule has 3 rings (SSSR count). The van der Waals surface area contributed by atoms with Crippen molar-refractivity contribution in [3.63, 3.8) is 0 Å². The first-order chi connectivity index (χ1) is 14.8. The van der Waals surface area contributed by atoms with Crippen molar-refractivity contribution in [1.82, 2.24) is 14.8 Å². The van der Waals surface area contributed by atoms with Crippen molar-refractivity contribution < 1.29 is 14.4 Å². The van der Waals surface area contributed by atoms with Crippen molar-refractivity contribution in [1.29, 1.82) is 0 Å². The summed E-state index contributed by atoms with van der Waals surface area (Å²) in [6.45, 7) is 5.88. The van der Waals surface area contributed by atoms with Crippen LogP contribution in [0, 0.1) is 5.92 Å². The van der Waals surface area contributed by atoms with Gasteiger partial charge in [-0.25, -0.2) is 4.98 Å². The molecule has 1 aromatic carbocycles. The number of carbonyl (C=O) groups is 3. The van der Waals surface area contributed by atoms with E-state index in [1.54, 1.807) is 29.6 Å². The molecule has 3 amide bonds. The molecule has 1 aromatic heterocycles. The number of nitrogens with zero attached hydrogens (tertiary/aromatic N) is 3. The number of hydrogen-bond donors (Lipinski definition) is 1. The van der Waals surface area contributed by atoms with Crippen LogP contribution in [0.15, 0.2) is 29.6 Å². The first-order valence-corrected chi connectivity index (χ1v) is 11.6. The lowest BCUT2D eigenvalue weighted by Crippen LogP contribution is -2.40. The van der Waals surface area contributed by atoms with Gasteiger partial charge in [-0.15, -0.1) is 11.3 Å². The van der Waals surface area contributed by atoms with Crippen LogP contribution < -0.4 is 5.32 Å². The van der Waals surface area contributed by atoms with Crippen LogP contribution in [0.5, 0.6) is 0 Å². The number of hydrogen-bond acceptors (Lipinski definition) is 5. The second-order valence-electron chi connectivity index (χ2n) is 8.02. The molecular formula is C22H27ClN4O3S. The largest absolute Gasteiger partial charge is 0.342 e. The van der Waals surface area contributed by atoms with Gasteiger partial charge in [0, 0.05) is 25.0 Å². The van der Waals surface area contributed by atoms with Gasteiger partial charge in [0.25, 0.3) is 5.91 Å². The van der Waals surface area contributed by atoms with Crippen molar-refractivity contribution in [2.24, 2.45) is 5.92 Å². The van der Waals surface area contributed by atoms with Crippen LogP contribution in [-0.2, 0) is 16.0 Å². The summed E-state index contributed by atoms with van der Waals surface area (Å²) in [5.74, 6) is -0.380. The van der Waals surface area contributed by atoms with Crippen LogP contribution in [0.2, 0.25) is 5.02 Å². The lowest BCUT2D eigenvalue weighted by molar-refractivity contribution is -0.129. The number of aromatic nitrogens is 1. The average molecular weight is 463 g/mol. The molecule has 31 heavy (non-hydrogen) atoms. The van der Waals surface area contributed by atoms with Crippen LogP contribution >= 0.6 is 22.9 Å². The molecule has 1 N–H and O–H groups in total. The molecule has 2 aromatic rings. The number of carbonyl (C=O) groups excluding carboxylic acids is 3. The summed E-state index contributed by atoms with van der Waals surface area (Å²) in [5.41, 5.74) is 1.01. The number of halogens is 1. The molecule has 2 heterocycles. The van der Waals surface area contributed by atoms with Crippen molar-refractivity contribution in [2.45, 2.75) is 33.1 Å². The van der Waals surface area contributed by atoms with Gasteiger partial charge in [0.2, 0.25) is 11.8 Å². The lowest BCUT2D eigenvalue weighted by atomic mass is 10.1. The molecule has 0 radical (unpaired) electrons. The van der Waals surface area contributed by atoms with Crippen LogP contribution in [-0.4, -0.2) is 58.7 Å². The second kappa shape index (κ2) is 10.7. The topological polar surface area (TPSA) is 82.6 Å². The zero-order valence-electron chi connectivity index (χ0n) is 17.8. The minimum Gasteiger partial charge on any atom is -0.342 e. The van der Waals surface area contributed by atoms with Crippen molar-refractivity contribution >= 4 is 45.8 Å². The van der Waals surface area contributed by atoms with Crippen LogP contribution in [0.25, 0.3) is 0 Å². The summed E-state index contributed by atoms with van der Waals surface area (Å²) < 4.78 is 0. The van der Waals surface area contributed by atoms with Gasteiger partial charge in [0.05, 0.1) is 22.7 Å². The standard InChI is InChI=1S/C22H27ClN4O3S/c1-15(2)12-27(21(30)17-7-3-4-8-18(17)23)13-19(28)25-22-24-16(14-31-22)11-20(29)26-9-5-6-10-26/h3-4,7-8,14-15H,5-6,9-13H2,1-2H3,(H,24,25,28). The van der Waals surface area contributed by atoms with Gasteiger partial charge in [-0.2, -0.15) is 0 Å². The molecule has 0 atom stereocenters. The number of likely N-dealkylation sites (tertiary alicyclic amines) is 1. The summed E-state index contributed by atoms with van der Waals surface area (Å²) in [5, 5.41) is 5.30. The quantitative estimate of drug-likeness (QED) is 0.648. The summed E-state index contributed by atoms with van der Waals surface area (Å²) in [6.07, 6.45) is 2.32. The Morgan fingerprint density at radius 2 is 1.94 bits per heavy atom. The van der Waals surface area contributed by atoms with E-state index in [0.29, 0.717) is 28.0 Å². The molecular weight excluding hydrogens is 436 g/mol. The molecule has 166 valence electrons. The van der Waals surface area contributed by atoms with E-state index in [2.05, 4.69) is 10.3 Å². The van der Waals surface area contributed by atoms with E-state index < -0.39 is 0 Å².